The summed E-state index contributed by atoms with van der Waals surface area (Å²) in [5, 5.41) is 0. The second kappa shape index (κ2) is 12.2. The van der Waals surface area contributed by atoms with Crippen molar-refractivity contribution in [2.75, 3.05) is 11.5 Å². The monoisotopic (exact) mass is 354 g/mol. The molecule has 1 heteroatoms. The molecule has 0 radical (unpaired) electrons. The van der Waals surface area contributed by atoms with Crippen molar-refractivity contribution in [1.82, 2.24) is 0 Å². The van der Waals surface area contributed by atoms with Gasteiger partial charge in [0, 0.05) is 11.5 Å². The van der Waals surface area contributed by atoms with Gasteiger partial charge in [0.2, 0.25) is 0 Å². The van der Waals surface area contributed by atoms with E-state index in [1.54, 1.807) is 0 Å². The molecule has 0 spiro atoms. The van der Waals surface area contributed by atoms with Gasteiger partial charge in [0.25, 0.3) is 0 Å². The lowest BCUT2D eigenvalue weighted by Gasteiger charge is -2.20. The molecule has 0 saturated heterocycles. The van der Waals surface area contributed by atoms with E-state index in [9.17, 15) is 0 Å². The van der Waals surface area contributed by atoms with E-state index in [1.165, 1.54) is 61.2 Å². The first-order valence-corrected chi connectivity index (χ1v) is 11.2. The van der Waals surface area contributed by atoms with Gasteiger partial charge in [-0.3, -0.25) is 0 Å². The van der Waals surface area contributed by atoms with Gasteiger partial charge < -0.3 is 0 Å². The smallest absolute Gasteiger partial charge is 0.000169 e. The van der Waals surface area contributed by atoms with Gasteiger partial charge >= 0.3 is 0 Å². The SMILES string of the molecule is CCCCC(CSCC(CCCC)c1ccccc1)c1ccccc1. The molecule has 0 aliphatic carbocycles. The van der Waals surface area contributed by atoms with Crippen molar-refractivity contribution >= 4 is 11.8 Å². The lowest BCUT2D eigenvalue weighted by molar-refractivity contribution is 0.621. The van der Waals surface area contributed by atoms with Crippen LogP contribution in [0.15, 0.2) is 60.7 Å². The molecule has 25 heavy (non-hydrogen) atoms. The van der Waals surface area contributed by atoms with Crippen molar-refractivity contribution in [3.05, 3.63) is 71.8 Å². The Labute approximate surface area is 159 Å². The fourth-order valence-corrected chi connectivity index (χ4v) is 4.82. The lowest BCUT2D eigenvalue weighted by atomic mass is 9.95. The molecule has 2 aromatic rings. The lowest BCUT2D eigenvalue weighted by Crippen LogP contribution is -2.07. The fourth-order valence-electron chi connectivity index (χ4n) is 3.40. The quantitative estimate of drug-likeness (QED) is 0.377. The second-order valence-corrected chi connectivity index (χ2v) is 8.11. The molecule has 0 nitrogen and oxygen atoms in total. The normalized spacial score (nSPS) is 13.5. The standard InChI is InChI=1S/C24H34S/c1-3-5-13-23(21-15-9-7-10-16-21)19-25-20-24(14-6-4-2)22-17-11-8-12-18-22/h7-12,15-18,23-24H,3-6,13-14,19-20H2,1-2H3. The Hall–Kier alpha value is -1.21. The number of hydrogen-bond donors (Lipinski definition) is 0. The summed E-state index contributed by atoms with van der Waals surface area (Å²) in [6.07, 6.45) is 7.88. The number of hydrogen-bond acceptors (Lipinski definition) is 1. The zero-order valence-electron chi connectivity index (χ0n) is 16.0. The van der Waals surface area contributed by atoms with Crippen molar-refractivity contribution in [3.8, 4) is 0 Å². The number of rotatable bonds is 12. The molecular weight excluding hydrogens is 320 g/mol. The van der Waals surface area contributed by atoms with Crippen LogP contribution in [0, 0.1) is 0 Å². The number of benzene rings is 2. The van der Waals surface area contributed by atoms with Crippen molar-refractivity contribution in [2.45, 2.75) is 64.2 Å². The molecule has 2 atom stereocenters. The van der Waals surface area contributed by atoms with Crippen LogP contribution in [0.3, 0.4) is 0 Å². The summed E-state index contributed by atoms with van der Waals surface area (Å²) in [5.41, 5.74) is 3.04. The van der Waals surface area contributed by atoms with Gasteiger partial charge in [-0.1, -0.05) is 100 Å². The summed E-state index contributed by atoms with van der Waals surface area (Å²) in [6, 6.07) is 22.3. The van der Waals surface area contributed by atoms with E-state index in [0.717, 1.165) is 0 Å². The fraction of sp³-hybridized carbons (Fsp3) is 0.500. The largest absolute Gasteiger partial charge is 0.161 e. The van der Waals surface area contributed by atoms with Crippen LogP contribution in [0.1, 0.15) is 75.3 Å². The Morgan fingerprint density at radius 2 is 1.04 bits per heavy atom. The Bertz CT molecular complexity index is 497. The van der Waals surface area contributed by atoms with E-state index < -0.39 is 0 Å². The highest BCUT2D eigenvalue weighted by molar-refractivity contribution is 7.99. The summed E-state index contributed by atoms with van der Waals surface area (Å²) in [5.74, 6) is 3.90. The third-order valence-electron chi connectivity index (χ3n) is 4.99. The summed E-state index contributed by atoms with van der Waals surface area (Å²) < 4.78 is 0. The molecule has 0 N–H and O–H groups in total. The minimum Gasteiger partial charge on any atom is -0.161 e. The van der Waals surface area contributed by atoms with Crippen molar-refractivity contribution in [1.29, 1.82) is 0 Å². The van der Waals surface area contributed by atoms with E-state index in [0.29, 0.717) is 11.8 Å². The minimum absolute atomic E-state index is 0.703. The molecule has 2 aromatic carbocycles. The average molecular weight is 355 g/mol. The van der Waals surface area contributed by atoms with E-state index in [1.807, 2.05) is 0 Å². The summed E-state index contributed by atoms with van der Waals surface area (Å²) in [4.78, 5) is 0. The molecule has 2 rings (SSSR count). The third-order valence-corrected chi connectivity index (χ3v) is 6.27. The zero-order valence-corrected chi connectivity index (χ0v) is 16.8. The average Bonchev–Trinajstić information content (AvgIpc) is 2.68. The predicted octanol–water partition coefficient (Wildman–Crippen LogP) is 7.67. The minimum atomic E-state index is 0.703. The van der Waals surface area contributed by atoms with Crippen LogP contribution in [0.25, 0.3) is 0 Å². The highest BCUT2D eigenvalue weighted by atomic mass is 32.2. The third kappa shape index (κ3) is 7.28. The number of thioether (sulfide) groups is 1. The number of unbranched alkanes of at least 4 members (excludes halogenated alkanes) is 2. The van der Waals surface area contributed by atoms with E-state index in [-0.39, 0.29) is 0 Å². The first kappa shape index (κ1) is 20.1. The maximum Gasteiger partial charge on any atom is 0.000169 e. The van der Waals surface area contributed by atoms with Gasteiger partial charge in [-0.2, -0.15) is 11.8 Å². The van der Waals surface area contributed by atoms with Crippen LogP contribution in [0.2, 0.25) is 0 Å². The topological polar surface area (TPSA) is 0 Å². The maximum absolute atomic E-state index is 2.31. The first-order chi connectivity index (χ1) is 12.3. The Morgan fingerprint density at radius 1 is 0.640 bits per heavy atom. The van der Waals surface area contributed by atoms with Gasteiger partial charge in [-0.25, -0.2) is 0 Å². The van der Waals surface area contributed by atoms with Crippen LogP contribution in [0.5, 0.6) is 0 Å². The molecule has 0 saturated carbocycles. The summed E-state index contributed by atoms with van der Waals surface area (Å²) in [6.45, 7) is 4.59. The van der Waals surface area contributed by atoms with E-state index in [4.69, 9.17) is 0 Å². The second-order valence-electron chi connectivity index (χ2n) is 7.04. The molecule has 136 valence electrons. The zero-order chi connectivity index (χ0) is 17.7. The van der Waals surface area contributed by atoms with Crippen LogP contribution in [-0.4, -0.2) is 11.5 Å². The van der Waals surface area contributed by atoms with Crippen molar-refractivity contribution in [3.63, 3.8) is 0 Å². The van der Waals surface area contributed by atoms with E-state index >= 15 is 0 Å². The summed E-state index contributed by atoms with van der Waals surface area (Å²) in [7, 11) is 0. The van der Waals surface area contributed by atoms with Crippen molar-refractivity contribution < 1.29 is 0 Å². The Balaban J connectivity index is 1.93. The van der Waals surface area contributed by atoms with Crippen LogP contribution >= 0.6 is 11.8 Å². The molecule has 0 fully saturated rings. The molecule has 2 unspecified atom stereocenters. The van der Waals surface area contributed by atoms with Gasteiger partial charge in [-0.15, -0.1) is 0 Å². The maximum atomic E-state index is 2.31. The molecule has 0 aromatic heterocycles. The van der Waals surface area contributed by atoms with Crippen LogP contribution in [-0.2, 0) is 0 Å². The first-order valence-electron chi connectivity index (χ1n) is 10.0. The van der Waals surface area contributed by atoms with Crippen LogP contribution < -0.4 is 0 Å². The van der Waals surface area contributed by atoms with Gasteiger partial charge in [-0.05, 0) is 35.8 Å². The highest BCUT2D eigenvalue weighted by Crippen LogP contribution is 2.31. The Morgan fingerprint density at radius 3 is 1.40 bits per heavy atom. The van der Waals surface area contributed by atoms with E-state index in [2.05, 4.69) is 86.3 Å². The molecule has 0 amide bonds. The Kier molecular flexibility index (Phi) is 9.81. The van der Waals surface area contributed by atoms with Gasteiger partial charge in [0.1, 0.15) is 0 Å². The molecule has 0 heterocycles. The summed E-state index contributed by atoms with van der Waals surface area (Å²) >= 11 is 2.16. The predicted molar refractivity (Wildman–Crippen MR) is 115 cm³/mol. The van der Waals surface area contributed by atoms with Crippen LogP contribution in [0.4, 0.5) is 0 Å². The highest BCUT2D eigenvalue weighted by Gasteiger charge is 2.15. The van der Waals surface area contributed by atoms with Crippen molar-refractivity contribution in [2.24, 2.45) is 0 Å². The van der Waals surface area contributed by atoms with Gasteiger partial charge in [0.15, 0.2) is 0 Å². The molecular formula is C24H34S. The van der Waals surface area contributed by atoms with Gasteiger partial charge in [0.05, 0.1) is 0 Å². The molecule has 0 bridgehead atoms. The molecule has 0 aliphatic rings. The molecule has 0 aliphatic heterocycles.